The number of rotatable bonds is 7. The van der Waals surface area contributed by atoms with Crippen molar-refractivity contribution in [2.45, 2.75) is 25.1 Å². The van der Waals surface area contributed by atoms with Gasteiger partial charge in [0.05, 0.1) is 11.6 Å². The molecule has 1 aromatic rings. The second-order valence-electron chi connectivity index (χ2n) is 3.93. The number of pyridine rings is 1. The third-order valence-corrected chi connectivity index (χ3v) is 2.53. The molecule has 0 fully saturated rings. The third-order valence-electron chi connectivity index (χ3n) is 2.53. The molecule has 1 aromatic heterocycles. The van der Waals surface area contributed by atoms with Crippen LogP contribution in [0.3, 0.4) is 0 Å². The summed E-state index contributed by atoms with van der Waals surface area (Å²) in [6, 6.07) is -0.0577. The van der Waals surface area contributed by atoms with Crippen LogP contribution in [0.15, 0.2) is 18.5 Å². The Morgan fingerprint density at radius 1 is 1.35 bits per heavy atom. The van der Waals surface area contributed by atoms with Crippen molar-refractivity contribution < 1.29 is 26.7 Å². The maximum Gasteiger partial charge on any atom is 0.416 e. The van der Waals surface area contributed by atoms with Gasteiger partial charge in [-0.3, -0.25) is 16.3 Å². The first-order chi connectivity index (χ1) is 9.36. The fraction of sp³-hybridized carbons (Fsp3) is 0.545. The van der Waals surface area contributed by atoms with E-state index in [9.17, 15) is 22.0 Å². The van der Waals surface area contributed by atoms with Gasteiger partial charge >= 0.3 is 6.18 Å². The lowest BCUT2D eigenvalue weighted by Crippen LogP contribution is -2.31. The van der Waals surface area contributed by atoms with Crippen LogP contribution in [0.5, 0.6) is 0 Å². The van der Waals surface area contributed by atoms with E-state index in [4.69, 9.17) is 5.84 Å². The van der Waals surface area contributed by atoms with Crippen LogP contribution < -0.4 is 11.3 Å². The largest absolute Gasteiger partial charge is 0.416 e. The highest BCUT2D eigenvalue weighted by molar-refractivity contribution is 5.29. The first-order valence-corrected chi connectivity index (χ1v) is 5.69. The van der Waals surface area contributed by atoms with Crippen LogP contribution in [-0.4, -0.2) is 24.6 Å². The molecule has 1 atom stereocenters. The Hall–Kier alpha value is -1.32. The van der Waals surface area contributed by atoms with Gasteiger partial charge in [-0.25, -0.2) is 8.78 Å². The van der Waals surface area contributed by atoms with Crippen molar-refractivity contribution >= 4 is 0 Å². The van der Waals surface area contributed by atoms with E-state index in [1.807, 2.05) is 0 Å². The second-order valence-corrected chi connectivity index (χ2v) is 3.93. The number of ether oxygens (including phenoxy) is 1. The fourth-order valence-corrected chi connectivity index (χ4v) is 1.64. The first kappa shape index (κ1) is 16.7. The molecule has 4 nitrogen and oxygen atoms in total. The van der Waals surface area contributed by atoms with Gasteiger partial charge in [-0.2, -0.15) is 13.2 Å². The number of hydrazine groups is 1. The molecule has 114 valence electrons. The van der Waals surface area contributed by atoms with Crippen molar-refractivity contribution in [1.29, 1.82) is 0 Å². The minimum Gasteiger partial charge on any atom is -0.375 e. The number of aromatic nitrogens is 1. The number of nitrogens with two attached hydrogens (primary N) is 1. The van der Waals surface area contributed by atoms with Crippen LogP contribution in [0.25, 0.3) is 0 Å². The molecule has 1 unspecified atom stereocenters. The van der Waals surface area contributed by atoms with E-state index in [-0.39, 0.29) is 18.6 Å². The van der Waals surface area contributed by atoms with Crippen molar-refractivity contribution in [2.24, 2.45) is 5.84 Å². The first-order valence-electron chi connectivity index (χ1n) is 5.69. The summed E-state index contributed by atoms with van der Waals surface area (Å²) >= 11 is 0. The van der Waals surface area contributed by atoms with E-state index in [0.717, 1.165) is 18.5 Å². The van der Waals surface area contributed by atoms with E-state index in [2.05, 4.69) is 15.1 Å². The zero-order valence-corrected chi connectivity index (χ0v) is 10.3. The monoisotopic (exact) mass is 299 g/mol. The Morgan fingerprint density at radius 3 is 2.60 bits per heavy atom. The van der Waals surface area contributed by atoms with Crippen molar-refractivity contribution in [3.8, 4) is 0 Å². The van der Waals surface area contributed by atoms with Gasteiger partial charge in [0.15, 0.2) is 0 Å². The summed E-state index contributed by atoms with van der Waals surface area (Å²) in [5.41, 5.74) is 1.19. The van der Waals surface area contributed by atoms with Gasteiger partial charge in [0.1, 0.15) is 6.61 Å². The molecule has 1 heterocycles. The van der Waals surface area contributed by atoms with Crippen LogP contribution in [0.1, 0.15) is 23.6 Å². The molecule has 0 amide bonds. The molecule has 0 radical (unpaired) electrons. The smallest absolute Gasteiger partial charge is 0.375 e. The molecule has 3 N–H and O–H groups in total. The number of halogens is 5. The average molecular weight is 299 g/mol. The summed E-state index contributed by atoms with van der Waals surface area (Å²) in [6.45, 7) is -0.915. The van der Waals surface area contributed by atoms with Crippen LogP contribution in [0, 0.1) is 0 Å². The van der Waals surface area contributed by atoms with E-state index in [0.29, 0.717) is 0 Å². The molecule has 20 heavy (non-hydrogen) atoms. The average Bonchev–Trinajstić information content (AvgIpc) is 2.37. The predicted octanol–water partition coefficient (Wildman–Crippen LogP) is 2.28. The molecule has 1 rings (SSSR count). The molecule has 0 saturated heterocycles. The molecule has 0 aliphatic carbocycles. The molecular formula is C11H14F5N3O. The SMILES string of the molecule is NNC(CCOCC(F)F)c1cnccc1C(F)(F)F. The van der Waals surface area contributed by atoms with Crippen LogP contribution in [-0.2, 0) is 10.9 Å². The number of hydrogen-bond acceptors (Lipinski definition) is 4. The van der Waals surface area contributed by atoms with Crippen molar-refractivity contribution in [3.63, 3.8) is 0 Å². The molecule has 0 saturated carbocycles. The Labute approximate surface area is 112 Å². The lowest BCUT2D eigenvalue weighted by molar-refractivity contribution is -0.138. The van der Waals surface area contributed by atoms with Crippen LogP contribution in [0.4, 0.5) is 22.0 Å². The van der Waals surface area contributed by atoms with Gasteiger partial charge in [-0.15, -0.1) is 0 Å². The molecule has 9 heteroatoms. The van der Waals surface area contributed by atoms with Gasteiger partial charge in [-0.1, -0.05) is 0 Å². The number of nitrogens with one attached hydrogen (secondary N) is 1. The van der Waals surface area contributed by atoms with Gasteiger partial charge in [0.25, 0.3) is 6.43 Å². The van der Waals surface area contributed by atoms with E-state index in [1.165, 1.54) is 0 Å². The minimum absolute atomic E-state index is 0.0119. The van der Waals surface area contributed by atoms with E-state index in [1.54, 1.807) is 0 Å². The van der Waals surface area contributed by atoms with Gasteiger partial charge in [0, 0.05) is 24.6 Å². The Balaban J connectivity index is 2.75. The summed E-state index contributed by atoms with van der Waals surface area (Å²) in [5.74, 6) is 5.21. The number of alkyl halides is 5. The van der Waals surface area contributed by atoms with Gasteiger partial charge in [-0.05, 0) is 12.5 Å². The predicted molar refractivity (Wildman–Crippen MR) is 60.7 cm³/mol. The Morgan fingerprint density at radius 2 is 2.05 bits per heavy atom. The second kappa shape index (κ2) is 7.46. The van der Waals surface area contributed by atoms with Crippen molar-refractivity contribution in [2.75, 3.05) is 13.2 Å². The van der Waals surface area contributed by atoms with E-state index < -0.39 is 30.8 Å². The standard InChI is InChI=1S/C11H14F5N3O/c12-10(13)6-20-4-2-9(19-17)7-5-18-3-1-8(7)11(14,15)16/h1,3,5,9-10,19H,2,4,6,17H2. The fourth-order valence-electron chi connectivity index (χ4n) is 1.64. The van der Waals surface area contributed by atoms with Crippen molar-refractivity contribution in [1.82, 2.24) is 10.4 Å². The topological polar surface area (TPSA) is 60.2 Å². The molecule has 0 spiro atoms. The molecule has 0 aliphatic rings. The summed E-state index contributed by atoms with van der Waals surface area (Å²) in [4.78, 5) is 3.63. The summed E-state index contributed by atoms with van der Waals surface area (Å²) in [7, 11) is 0. The third kappa shape index (κ3) is 4.99. The normalized spacial score (nSPS) is 13.8. The highest BCUT2D eigenvalue weighted by Gasteiger charge is 2.35. The Kier molecular flexibility index (Phi) is 6.24. The van der Waals surface area contributed by atoms with Gasteiger partial charge in [0.2, 0.25) is 0 Å². The zero-order chi connectivity index (χ0) is 15.2. The van der Waals surface area contributed by atoms with Crippen LogP contribution >= 0.6 is 0 Å². The molecule has 0 aliphatic heterocycles. The number of hydrogen-bond donors (Lipinski definition) is 2. The summed E-state index contributed by atoms with van der Waals surface area (Å²) in [5, 5.41) is 0. The van der Waals surface area contributed by atoms with E-state index >= 15 is 0 Å². The lowest BCUT2D eigenvalue weighted by Gasteiger charge is -2.20. The highest BCUT2D eigenvalue weighted by Crippen LogP contribution is 2.34. The minimum atomic E-state index is -4.54. The maximum atomic E-state index is 12.8. The zero-order valence-electron chi connectivity index (χ0n) is 10.3. The maximum absolute atomic E-state index is 12.8. The van der Waals surface area contributed by atoms with Crippen molar-refractivity contribution in [3.05, 3.63) is 29.6 Å². The number of nitrogens with zero attached hydrogens (tertiary/aromatic N) is 1. The Bertz CT molecular complexity index is 413. The van der Waals surface area contributed by atoms with Gasteiger partial charge < -0.3 is 4.74 Å². The quantitative estimate of drug-likeness (QED) is 0.351. The summed E-state index contributed by atoms with van der Waals surface area (Å²) < 4.78 is 66.8. The van der Waals surface area contributed by atoms with Crippen LogP contribution in [0.2, 0.25) is 0 Å². The molecule has 0 bridgehead atoms. The molecule has 0 aromatic carbocycles. The lowest BCUT2D eigenvalue weighted by atomic mass is 10.0. The summed E-state index contributed by atoms with van der Waals surface area (Å²) in [6.07, 6.45) is -5.09. The highest BCUT2D eigenvalue weighted by atomic mass is 19.4. The molecular weight excluding hydrogens is 285 g/mol.